The number of hydrogen-bond donors (Lipinski definition) is 1. The summed E-state index contributed by atoms with van der Waals surface area (Å²) < 4.78 is 4.89. The molecule has 1 saturated heterocycles. The van der Waals surface area contributed by atoms with Crippen LogP contribution >= 0.6 is 0 Å². The second kappa shape index (κ2) is 4.47. The predicted octanol–water partition coefficient (Wildman–Crippen LogP) is 0.798. The largest absolute Gasteiger partial charge is 0.381 e. The minimum Gasteiger partial charge on any atom is -0.381 e. The van der Waals surface area contributed by atoms with E-state index >= 15 is 0 Å². The summed E-state index contributed by atoms with van der Waals surface area (Å²) in [6.07, 6.45) is 5.61. The molecule has 1 rings (SSSR count). The number of ether oxygens (including phenoxy) is 1. The van der Waals surface area contributed by atoms with Crippen LogP contribution in [0.2, 0.25) is 0 Å². The molecule has 0 aromatic rings. The highest BCUT2D eigenvalue weighted by Crippen LogP contribution is 2.07. The van der Waals surface area contributed by atoms with Gasteiger partial charge in [0, 0.05) is 13.7 Å². The van der Waals surface area contributed by atoms with E-state index in [4.69, 9.17) is 4.74 Å². The Labute approximate surface area is 62.3 Å². The highest BCUT2D eigenvalue weighted by atomic mass is 16.5. The Morgan fingerprint density at radius 3 is 3.20 bits per heavy atom. The molecule has 1 atom stereocenters. The Morgan fingerprint density at radius 1 is 1.70 bits per heavy atom. The van der Waals surface area contributed by atoms with E-state index in [0.29, 0.717) is 0 Å². The van der Waals surface area contributed by atoms with E-state index < -0.39 is 0 Å². The summed E-state index contributed by atoms with van der Waals surface area (Å²) in [6, 6.07) is 0. The smallest absolute Gasteiger partial charge is 0.0643 e. The maximum absolute atomic E-state index is 4.89. The van der Waals surface area contributed by atoms with Gasteiger partial charge in [-0.3, -0.25) is 0 Å². The molecular weight excluding hydrogens is 126 g/mol. The lowest BCUT2D eigenvalue weighted by Gasteiger charge is -1.97. The molecule has 0 aliphatic carbocycles. The van der Waals surface area contributed by atoms with Gasteiger partial charge in [-0.2, -0.15) is 0 Å². The van der Waals surface area contributed by atoms with Crippen LogP contribution in [0.15, 0.2) is 12.2 Å². The topological polar surface area (TPSA) is 21.3 Å². The van der Waals surface area contributed by atoms with Crippen molar-refractivity contribution in [2.45, 2.75) is 6.42 Å². The first kappa shape index (κ1) is 7.76. The number of rotatable bonds is 3. The van der Waals surface area contributed by atoms with Gasteiger partial charge in [0.05, 0.1) is 6.61 Å². The molecule has 1 fully saturated rings. The van der Waals surface area contributed by atoms with Gasteiger partial charge >= 0.3 is 0 Å². The van der Waals surface area contributed by atoms with E-state index in [1.165, 1.54) is 13.0 Å². The molecule has 0 spiro atoms. The Kier molecular flexibility index (Phi) is 3.47. The van der Waals surface area contributed by atoms with Crippen LogP contribution < -0.4 is 5.32 Å². The normalized spacial score (nSPS) is 26.3. The summed E-state index contributed by atoms with van der Waals surface area (Å²) in [5.74, 6) is 0.746. The fourth-order valence-electron chi connectivity index (χ4n) is 1.19. The van der Waals surface area contributed by atoms with E-state index in [2.05, 4.69) is 17.5 Å². The number of nitrogens with one attached hydrogen (secondary N) is 1. The second-order valence-electron chi connectivity index (χ2n) is 2.64. The summed E-state index contributed by atoms with van der Waals surface area (Å²) in [5, 5.41) is 3.31. The second-order valence-corrected chi connectivity index (χ2v) is 2.64. The van der Waals surface area contributed by atoms with Gasteiger partial charge in [0.2, 0.25) is 0 Å². The lowest BCUT2D eigenvalue weighted by atomic mass is 10.1. The first-order valence-electron chi connectivity index (χ1n) is 3.80. The van der Waals surface area contributed by atoms with Crippen LogP contribution in [0, 0.1) is 5.92 Å². The first-order chi connectivity index (χ1) is 4.93. The van der Waals surface area contributed by atoms with Gasteiger partial charge in [0.1, 0.15) is 0 Å². The fourth-order valence-corrected chi connectivity index (χ4v) is 1.19. The minimum absolute atomic E-state index is 0.746. The van der Waals surface area contributed by atoms with Crippen LogP contribution in [0.4, 0.5) is 0 Å². The molecule has 2 nitrogen and oxygen atoms in total. The van der Waals surface area contributed by atoms with Gasteiger partial charge in [-0.25, -0.2) is 0 Å². The predicted molar refractivity (Wildman–Crippen MR) is 42.0 cm³/mol. The molecule has 1 unspecified atom stereocenters. The van der Waals surface area contributed by atoms with Crippen molar-refractivity contribution < 1.29 is 4.74 Å². The highest BCUT2D eigenvalue weighted by molar-refractivity contribution is 4.92. The van der Waals surface area contributed by atoms with Gasteiger partial charge in [0.15, 0.2) is 0 Å². The van der Waals surface area contributed by atoms with Crippen molar-refractivity contribution in [2.75, 3.05) is 26.8 Å². The molecule has 2 heteroatoms. The van der Waals surface area contributed by atoms with Gasteiger partial charge in [-0.05, 0) is 18.9 Å². The molecule has 0 bridgehead atoms. The monoisotopic (exact) mass is 141 g/mol. The molecule has 0 saturated carbocycles. The molecule has 1 aliphatic heterocycles. The molecule has 1 N–H and O–H groups in total. The number of methoxy groups -OCH3 is 1. The summed E-state index contributed by atoms with van der Waals surface area (Å²) in [4.78, 5) is 0. The summed E-state index contributed by atoms with van der Waals surface area (Å²) >= 11 is 0. The molecule has 0 amide bonds. The Balaban J connectivity index is 2.10. The summed E-state index contributed by atoms with van der Waals surface area (Å²) in [7, 11) is 1.72. The molecule has 0 radical (unpaired) electrons. The summed E-state index contributed by atoms with van der Waals surface area (Å²) in [5.41, 5.74) is 0. The van der Waals surface area contributed by atoms with Gasteiger partial charge in [-0.1, -0.05) is 12.2 Å². The third-order valence-corrected chi connectivity index (χ3v) is 1.77. The lowest BCUT2D eigenvalue weighted by molar-refractivity contribution is 0.233. The molecule has 0 aromatic carbocycles. The van der Waals surface area contributed by atoms with Crippen molar-refractivity contribution in [3.63, 3.8) is 0 Å². The van der Waals surface area contributed by atoms with E-state index in [-0.39, 0.29) is 0 Å². The van der Waals surface area contributed by atoms with Crippen molar-refractivity contribution in [3.05, 3.63) is 12.2 Å². The average molecular weight is 141 g/mol. The fraction of sp³-hybridized carbons (Fsp3) is 0.750. The van der Waals surface area contributed by atoms with Gasteiger partial charge in [0.25, 0.3) is 0 Å². The van der Waals surface area contributed by atoms with Crippen molar-refractivity contribution in [1.29, 1.82) is 0 Å². The maximum atomic E-state index is 4.89. The Bertz CT molecular complexity index is 106. The van der Waals surface area contributed by atoms with Crippen LogP contribution in [0.3, 0.4) is 0 Å². The van der Waals surface area contributed by atoms with Gasteiger partial charge in [-0.15, -0.1) is 0 Å². The van der Waals surface area contributed by atoms with Crippen molar-refractivity contribution in [1.82, 2.24) is 5.32 Å². The zero-order valence-electron chi connectivity index (χ0n) is 6.47. The van der Waals surface area contributed by atoms with E-state index in [1.54, 1.807) is 7.11 Å². The maximum Gasteiger partial charge on any atom is 0.0643 e. The van der Waals surface area contributed by atoms with Gasteiger partial charge < -0.3 is 10.1 Å². The standard InChI is InChI=1S/C8H15NO/c1-10-6-2-3-8-4-5-9-7-8/h2-3,8-9H,4-7H2,1H3/b3-2+. The van der Waals surface area contributed by atoms with E-state index in [0.717, 1.165) is 19.1 Å². The molecule has 58 valence electrons. The van der Waals surface area contributed by atoms with Crippen molar-refractivity contribution in [2.24, 2.45) is 5.92 Å². The van der Waals surface area contributed by atoms with E-state index in [1.807, 2.05) is 0 Å². The Morgan fingerprint density at radius 2 is 2.60 bits per heavy atom. The van der Waals surface area contributed by atoms with Crippen molar-refractivity contribution in [3.8, 4) is 0 Å². The molecule has 1 aliphatic rings. The van der Waals surface area contributed by atoms with Crippen LogP contribution in [-0.4, -0.2) is 26.8 Å². The zero-order chi connectivity index (χ0) is 7.23. The Hall–Kier alpha value is -0.340. The quantitative estimate of drug-likeness (QED) is 0.587. The average Bonchev–Trinajstić information content (AvgIpc) is 2.41. The highest BCUT2D eigenvalue weighted by Gasteiger charge is 2.09. The van der Waals surface area contributed by atoms with Crippen LogP contribution in [0.25, 0.3) is 0 Å². The van der Waals surface area contributed by atoms with Crippen LogP contribution in [0.5, 0.6) is 0 Å². The molecule has 0 aromatic heterocycles. The third-order valence-electron chi connectivity index (χ3n) is 1.77. The SMILES string of the molecule is COC/C=C/C1CCNC1. The molecule has 1 heterocycles. The molecular formula is C8H15NO. The third kappa shape index (κ3) is 2.50. The molecule has 10 heavy (non-hydrogen) atoms. The minimum atomic E-state index is 0.746. The van der Waals surface area contributed by atoms with E-state index in [9.17, 15) is 0 Å². The first-order valence-corrected chi connectivity index (χ1v) is 3.80. The van der Waals surface area contributed by atoms with Crippen molar-refractivity contribution >= 4 is 0 Å². The summed E-state index contributed by atoms with van der Waals surface area (Å²) in [6.45, 7) is 3.05. The number of hydrogen-bond acceptors (Lipinski definition) is 2. The van der Waals surface area contributed by atoms with Crippen LogP contribution in [0.1, 0.15) is 6.42 Å². The van der Waals surface area contributed by atoms with Crippen LogP contribution in [-0.2, 0) is 4.74 Å². The zero-order valence-corrected chi connectivity index (χ0v) is 6.47. The lowest BCUT2D eigenvalue weighted by Crippen LogP contribution is -2.07.